The number of furan rings is 1. The molecule has 298 valence electrons. The first-order valence-corrected chi connectivity index (χ1v) is 22.0. The van der Waals surface area contributed by atoms with E-state index in [1.165, 1.54) is 20.2 Å². The quantitative estimate of drug-likeness (QED) is 0.155. The molecule has 0 amide bonds. The summed E-state index contributed by atoms with van der Waals surface area (Å²) < 4.78 is 8.71. The fourth-order valence-electron chi connectivity index (χ4n) is 8.93. The molecule has 0 bridgehead atoms. The molecule has 0 atom stereocenters. The highest BCUT2D eigenvalue weighted by atomic mass is 32.1. The lowest BCUT2D eigenvalue weighted by Crippen LogP contribution is -2.00. The first-order chi connectivity index (χ1) is 31.6. The molecule has 0 N–H and O–H groups in total. The Morgan fingerprint density at radius 2 is 0.922 bits per heavy atom. The summed E-state index contributed by atoms with van der Waals surface area (Å²) in [6.45, 7) is 0. The van der Waals surface area contributed by atoms with Crippen LogP contribution in [0.3, 0.4) is 0 Å². The number of rotatable bonds is 6. The maximum atomic E-state index is 6.14. The van der Waals surface area contributed by atoms with Crippen molar-refractivity contribution in [2.75, 3.05) is 0 Å². The molecule has 13 aromatic rings. The van der Waals surface area contributed by atoms with Crippen LogP contribution in [0.2, 0.25) is 0 Å². The van der Waals surface area contributed by atoms with Gasteiger partial charge in [-0.3, -0.25) is 4.98 Å². The highest BCUT2D eigenvalue weighted by Crippen LogP contribution is 2.40. The smallest absolute Gasteiger partial charge is 0.164 e. The third-order valence-corrected chi connectivity index (χ3v) is 13.3. The molecule has 0 saturated heterocycles. The minimum Gasteiger partial charge on any atom is -0.456 e. The average molecular weight is 836 g/mol. The van der Waals surface area contributed by atoms with Crippen molar-refractivity contribution in [2.24, 2.45) is 0 Å². The standard InChI is InChI=1S/C57H33N5OS/c1-2-9-37(10-3-1)55-60-56(62-57(61-55)40-23-26-50-46(33-40)44-12-4-6-14-49(44)63-50)38-20-16-34(17-21-38)41-29-42(39-24-27-52-47(32-39)45-13-5-7-15-51(45)64-52)31-43(30-41)48-25-22-36-19-18-35-11-8-28-58-53(35)54(36)59-48/h1-33H. The summed E-state index contributed by atoms with van der Waals surface area (Å²) in [7, 11) is 0. The van der Waals surface area contributed by atoms with Gasteiger partial charge in [-0.2, -0.15) is 0 Å². The number of hydrogen-bond donors (Lipinski definition) is 0. The maximum absolute atomic E-state index is 6.14. The summed E-state index contributed by atoms with van der Waals surface area (Å²) in [5.41, 5.74) is 12.5. The van der Waals surface area contributed by atoms with Crippen molar-refractivity contribution in [3.8, 4) is 67.7 Å². The zero-order valence-corrected chi connectivity index (χ0v) is 34.9. The minimum atomic E-state index is 0.596. The van der Waals surface area contributed by atoms with Crippen LogP contribution in [-0.2, 0) is 0 Å². The van der Waals surface area contributed by atoms with E-state index in [1.54, 1.807) is 0 Å². The van der Waals surface area contributed by atoms with Crippen LogP contribution in [0.4, 0.5) is 0 Å². The molecule has 0 aliphatic heterocycles. The number of para-hydroxylation sites is 1. The largest absolute Gasteiger partial charge is 0.456 e. The highest BCUT2D eigenvalue weighted by molar-refractivity contribution is 7.25. The lowest BCUT2D eigenvalue weighted by atomic mass is 9.93. The minimum absolute atomic E-state index is 0.596. The van der Waals surface area contributed by atoms with Crippen LogP contribution in [0.25, 0.3) is 132 Å². The second-order valence-corrected chi connectivity index (χ2v) is 17.2. The Kier molecular flexibility index (Phi) is 8.29. The van der Waals surface area contributed by atoms with Crippen LogP contribution in [0.5, 0.6) is 0 Å². The van der Waals surface area contributed by atoms with Gasteiger partial charge in [0, 0.05) is 70.2 Å². The Labute approximate surface area is 370 Å². The Morgan fingerprint density at radius 3 is 1.77 bits per heavy atom. The summed E-state index contributed by atoms with van der Waals surface area (Å²) in [5.74, 6) is 1.80. The predicted molar refractivity (Wildman–Crippen MR) is 263 cm³/mol. The van der Waals surface area contributed by atoms with Gasteiger partial charge in [0.25, 0.3) is 0 Å². The van der Waals surface area contributed by atoms with E-state index in [1.807, 2.05) is 84.3 Å². The van der Waals surface area contributed by atoms with Gasteiger partial charge in [0.1, 0.15) is 11.2 Å². The molecule has 0 saturated carbocycles. The van der Waals surface area contributed by atoms with E-state index in [9.17, 15) is 0 Å². The zero-order chi connectivity index (χ0) is 42.1. The van der Waals surface area contributed by atoms with Crippen molar-refractivity contribution in [3.63, 3.8) is 0 Å². The van der Waals surface area contributed by atoms with E-state index < -0.39 is 0 Å². The number of hydrogen-bond acceptors (Lipinski definition) is 7. The zero-order valence-electron chi connectivity index (χ0n) is 34.1. The summed E-state index contributed by atoms with van der Waals surface area (Å²) in [4.78, 5) is 25.2. The summed E-state index contributed by atoms with van der Waals surface area (Å²) in [6.07, 6.45) is 1.84. The third kappa shape index (κ3) is 6.21. The third-order valence-electron chi connectivity index (χ3n) is 12.1. The van der Waals surface area contributed by atoms with Gasteiger partial charge in [-0.15, -0.1) is 11.3 Å². The van der Waals surface area contributed by atoms with Crippen LogP contribution >= 0.6 is 11.3 Å². The summed E-state index contributed by atoms with van der Waals surface area (Å²) in [6, 6.07) is 67.7. The average Bonchev–Trinajstić information content (AvgIpc) is 3.94. The van der Waals surface area contributed by atoms with Crippen LogP contribution in [0.1, 0.15) is 0 Å². The van der Waals surface area contributed by atoms with Crippen molar-refractivity contribution in [1.29, 1.82) is 0 Å². The number of benzene rings is 8. The fraction of sp³-hybridized carbons (Fsp3) is 0. The summed E-state index contributed by atoms with van der Waals surface area (Å²) >= 11 is 1.83. The van der Waals surface area contributed by atoms with Crippen molar-refractivity contribution in [3.05, 3.63) is 200 Å². The van der Waals surface area contributed by atoms with Crippen molar-refractivity contribution >= 4 is 75.3 Å². The van der Waals surface area contributed by atoms with Gasteiger partial charge in [0.2, 0.25) is 0 Å². The van der Waals surface area contributed by atoms with Gasteiger partial charge in [-0.05, 0) is 95.1 Å². The van der Waals surface area contributed by atoms with Crippen molar-refractivity contribution < 1.29 is 4.42 Å². The fourth-order valence-corrected chi connectivity index (χ4v) is 10.0. The molecular formula is C57H33N5OS. The molecule has 7 heteroatoms. The number of aromatic nitrogens is 5. The number of pyridine rings is 2. The molecule has 8 aromatic carbocycles. The Bertz CT molecular complexity index is 3970. The van der Waals surface area contributed by atoms with Gasteiger partial charge in [-0.1, -0.05) is 121 Å². The number of nitrogens with zero attached hydrogens (tertiary/aromatic N) is 5. The van der Waals surface area contributed by atoms with E-state index in [0.717, 1.165) is 93.9 Å². The topological polar surface area (TPSA) is 77.6 Å². The van der Waals surface area contributed by atoms with Crippen LogP contribution < -0.4 is 0 Å². The highest BCUT2D eigenvalue weighted by Gasteiger charge is 2.17. The molecule has 0 spiro atoms. The Hall–Kier alpha value is -8.39. The molecule has 5 aromatic heterocycles. The summed E-state index contributed by atoms with van der Waals surface area (Å²) in [5, 5.41) is 6.75. The molecule has 0 radical (unpaired) electrons. The van der Waals surface area contributed by atoms with Crippen LogP contribution in [-0.4, -0.2) is 24.9 Å². The molecule has 64 heavy (non-hydrogen) atoms. The van der Waals surface area contributed by atoms with E-state index in [2.05, 4.69) is 127 Å². The lowest BCUT2D eigenvalue weighted by molar-refractivity contribution is 0.669. The number of thiophene rings is 1. The van der Waals surface area contributed by atoms with Crippen molar-refractivity contribution in [2.45, 2.75) is 0 Å². The molecule has 0 fully saturated rings. The molecule has 0 aliphatic rings. The SMILES string of the molecule is c1ccc(-c2nc(-c3ccc(-c4cc(-c5ccc6sc7ccccc7c6c5)cc(-c5ccc6ccc7cccnc7c6n5)c4)cc3)nc(-c3ccc4oc5ccccc5c4c3)n2)cc1. The van der Waals surface area contributed by atoms with Gasteiger partial charge >= 0.3 is 0 Å². The molecule has 0 unspecified atom stereocenters. The van der Waals surface area contributed by atoms with E-state index in [4.69, 9.17) is 29.3 Å². The number of fused-ring (bicyclic) bond motifs is 9. The van der Waals surface area contributed by atoms with E-state index in [-0.39, 0.29) is 0 Å². The van der Waals surface area contributed by atoms with E-state index >= 15 is 0 Å². The monoisotopic (exact) mass is 835 g/mol. The van der Waals surface area contributed by atoms with Crippen LogP contribution in [0, 0.1) is 0 Å². The van der Waals surface area contributed by atoms with Crippen molar-refractivity contribution in [1.82, 2.24) is 24.9 Å². The molecule has 13 rings (SSSR count). The van der Waals surface area contributed by atoms with Gasteiger partial charge in [-0.25, -0.2) is 19.9 Å². The Balaban J connectivity index is 0.943. The first-order valence-electron chi connectivity index (χ1n) is 21.2. The molecule has 0 aliphatic carbocycles. The second kappa shape index (κ2) is 14.6. The Morgan fingerprint density at radius 1 is 0.328 bits per heavy atom. The van der Waals surface area contributed by atoms with Gasteiger partial charge in [0.05, 0.1) is 16.7 Å². The van der Waals surface area contributed by atoms with Gasteiger partial charge in [0.15, 0.2) is 17.5 Å². The van der Waals surface area contributed by atoms with E-state index in [0.29, 0.717) is 17.5 Å². The molecular weight excluding hydrogens is 803 g/mol. The maximum Gasteiger partial charge on any atom is 0.164 e. The molecule has 5 heterocycles. The van der Waals surface area contributed by atoms with Crippen LogP contribution in [0.15, 0.2) is 205 Å². The second-order valence-electron chi connectivity index (χ2n) is 16.1. The first kappa shape index (κ1) is 36.3. The lowest BCUT2D eigenvalue weighted by Gasteiger charge is -2.13. The molecule has 6 nitrogen and oxygen atoms in total. The van der Waals surface area contributed by atoms with Gasteiger partial charge < -0.3 is 4.42 Å². The predicted octanol–water partition coefficient (Wildman–Crippen LogP) is 15.2. The normalized spacial score (nSPS) is 11.8.